The number of hydrogen-bond acceptors (Lipinski definition) is 3. The van der Waals surface area contributed by atoms with Crippen molar-refractivity contribution < 1.29 is 32.1 Å². The van der Waals surface area contributed by atoms with Crippen molar-refractivity contribution in [1.29, 1.82) is 0 Å². The predicted octanol–water partition coefficient (Wildman–Crippen LogP) is 7.77. The number of benzene rings is 3. The zero-order chi connectivity index (χ0) is 26.5. The van der Waals surface area contributed by atoms with Gasteiger partial charge in [-0.2, -0.15) is 4.39 Å². The molecule has 3 nitrogen and oxygen atoms in total. The molecule has 0 heterocycles. The summed E-state index contributed by atoms with van der Waals surface area (Å²) < 4.78 is 69.5. The highest BCUT2D eigenvalue weighted by molar-refractivity contribution is 5.65. The Bertz CT molecular complexity index is 1230. The molecule has 37 heavy (non-hydrogen) atoms. The smallest absolute Gasteiger partial charge is 0.200 e. The average molecular weight is 515 g/mol. The first kappa shape index (κ1) is 26.9. The molecule has 0 bridgehead atoms. The average Bonchev–Trinajstić information content (AvgIpc) is 2.91. The molecular formula is C30H30F4O3. The Morgan fingerprint density at radius 3 is 2.24 bits per heavy atom. The third kappa shape index (κ3) is 6.05. The second kappa shape index (κ2) is 11.9. The Morgan fingerprint density at radius 2 is 1.59 bits per heavy atom. The lowest BCUT2D eigenvalue weighted by Gasteiger charge is -2.29. The minimum Gasteiger partial charge on any atom is -0.486 e. The molecule has 3 aromatic carbocycles. The molecule has 7 heteroatoms. The molecule has 3 aromatic rings. The largest absolute Gasteiger partial charge is 0.486 e. The number of aliphatic hydroxyl groups is 1. The summed E-state index contributed by atoms with van der Waals surface area (Å²) in [5.74, 6) is -4.15. The second-order valence-corrected chi connectivity index (χ2v) is 9.36. The summed E-state index contributed by atoms with van der Waals surface area (Å²) in [4.78, 5) is 0. The Hall–Kier alpha value is -3.16. The van der Waals surface area contributed by atoms with Gasteiger partial charge in [0.25, 0.3) is 0 Å². The van der Waals surface area contributed by atoms with Gasteiger partial charge in [0.2, 0.25) is 5.82 Å². The van der Waals surface area contributed by atoms with Crippen molar-refractivity contribution in [3.05, 3.63) is 101 Å². The molecule has 1 fully saturated rings. The van der Waals surface area contributed by atoms with Crippen LogP contribution in [0, 0.1) is 23.3 Å². The molecule has 1 unspecified atom stereocenters. The third-order valence-corrected chi connectivity index (χ3v) is 6.89. The van der Waals surface area contributed by atoms with Gasteiger partial charge in [-0.25, -0.2) is 13.2 Å². The topological polar surface area (TPSA) is 38.7 Å². The number of ether oxygens (including phenoxy) is 2. The lowest BCUT2D eigenvalue weighted by Crippen LogP contribution is -2.21. The van der Waals surface area contributed by atoms with E-state index in [1.807, 2.05) is 0 Å². The summed E-state index contributed by atoms with van der Waals surface area (Å²) in [7, 11) is 0. The predicted molar refractivity (Wildman–Crippen MR) is 134 cm³/mol. The van der Waals surface area contributed by atoms with Crippen molar-refractivity contribution in [2.75, 3.05) is 6.61 Å². The van der Waals surface area contributed by atoms with E-state index in [-0.39, 0.29) is 42.1 Å². The van der Waals surface area contributed by atoms with Gasteiger partial charge < -0.3 is 14.6 Å². The number of hydrogen-bond donors (Lipinski definition) is 1. The normalized spacial score (nSPS) is 18.4. The molecule has 1 aliphatic rings. The molecule has 4 rings (SSSR count). The first-order chi connectivity index (χ1) is 17.8. The van der Waals surface area contributed by atoms with Gasteiger partial charge in [0.05, 0.1) is 18.8 Å². The van der Waals surface area contributed by atoms with Crippen LogP contribution in [-0.2, 0) is 11.3 Å². The molecule has 1 N–H and O–H groups in total. The molecule has 0 aliphatic heterocycles. The maximum absolute atomic E-state index is 15.1. The quantitative estimate of drug-likeness (QED) is 0.234. The van der Waals surface area contributed by atoms with Crippen molar-refractivity contribution in [3.63, 3.8) is 0 Å². The summed E-state index contributed by atoms with van der Waals surface area (Å²) in [6.45, 7) is 5.09. The molecule has 0 amide bonds. The van der Waals surface area contributed by atoms with E-state index in [4.69, 9.17) is 9.47 Å². The van der Waals surface area contributed by atoms with Crippen LogP contribution in [0.3, 0.4) is 0 Å². The van der Waals surface area contributed by atoms with Gasteiger partial charge in [0, 0.05) is 11.1 Å². The van der Waals surface area contributed by atoms with E-state index in [0.717, 1.165) is 0 Å². The van der Waals surface area contributed by atoms with Crippen molar-refractivity contribution >= 4 is 0 Å². The van der Waals surface area contributed by atoms with Crippen LogP contribution >= 0.6 is 0 Å². The highest BCUT2D eigenvalue weighted by atomic mass is 19.2. The van der Waals surface area contributed by atoms with Crippen LogP contribution in [0.5, 0.6) is 5.75 Å². The van der Waals surface area contributed by atoms with E-state index in [9.17, 15) is 18.3 Å². The minimum absolute atomic E-state index is 0.0692. The van der Waals surface area contributed by atoms with Crippen LogP contribution in [0.2, 0.25) is 0 Å². The van der Waals surface area contributed by atoms with Crippen molar-refractivity contribution in [1.82, 2.24) is 0 Å². The van der Waals surface area contributed by atoms with Gasteiger partial charge in [-0.1, -0.05) is 49.1 Å². The lowest BCUT2D eigenvalue weighted by atomic mass is 9.82. The van der Waals surface area contributed by atoms with E-state index >= 15 is 4.39 Å². The van der Waals surface area contributed by atoms with Crippen LogP contribution in [0.25, 0.3) is 11.1 Å². The van der Waals surface area contributed by atoms with Gasteiger partial charge in [-0.15, -0.1) is 0 Å². The molecule has 0 radical (unpaired) electrons. The maximum Gasteiger partial charge on any atom is 0.200 e. The number of rotatable bonds is 9. The summed E-state index contributed by atoms with van der Waals surface area (Å²) in [6.07, 6.45) is 2.99. The first-order valence-corrected chi connectivity index (χ1v) is 12.4. The third-order valence-electron chi connectivity index (χ3n) is 6.89. The van der Waals surface area contributed by atoms with Crippen LogP contribution in [-0.4, -0.2) is 17.8 Å². The van der Waals surface area contributed by atoms with Gasteiger partial charge in [-0.05, 0) is 67.3 Å². The molecule has 1 aliphatic carbocycles. The number of aliphatic hydroxyl groups excluding tert-OH is 1. The van der Waals surface area contributed by atoms with E-state index < -0.39 is 29.4 Å². The minimum atomic E-state index is -1.06. The van der Waals surface area contributed by atoms with E-state index in [1.165, 1.54) is 18.2 Å². The van der Waals surface area contributed by atoms with Gasteiger partial charge in [-0.3, -0.25) is 0 Å². The van der Waals surface area contributed by atoms with Crippen LogP contribution < -0.4 is 4.74 Å². The van der Waals surface area contributed by atoms with Crippen LogP contribution in [0.4, 0.5) is 17.6 Å². The maximum atomic E-state index is 15.1. The van der Waals surface area contributed by atoms with E-state index in [2.05, 4.69) is 6.58 Å². The zero-order valence-corrected chi connectivity index (χ0v) is 20.7. The molecule has 1 atom stereocenters. The summed E-state index contributed by atoms with van der Waals surface area (Å²) in [5.41, 5.74) is 1.83. The lowest BCUT2D eigenvalue weighted by molar-refractivity contribution is 0.0116. The van der Waals surface area contributed by atoms with E-state index in [1.54, 1.807) is 43.3 Å². The molecular weight excluding hydrogens is 484 g/mol. The van der Waals surface area contributed by atoms with Gasteiger partial charge in [0.1, 0.15) is 6.61 Å². The Labute approximate surface area is 214 Å². The Kier molecular flexibility index (Phi) is 8.67. The molecule has 0 aromatic heterocycles. The van der Waals surface area contributed by atoms with Crippen LogP contribution in [0.1, 0.15) is 61.3 Å². The molecule has 0 spiro atoms. The summed E-state index contributed by atoms with van der Waals surface area (Å²) >= 11 is 0. The highest BCUT2D eigenvalue weighted by Gasteiger charge is 2.27. The monoisotopic (exact) mass is 514 g/mol. The molecule has 196 valence electrons. The Morgan fingerprint density at radius 1 is 0.892 bits per heavy atom. The van der Waals surface area contributed by atoms with Crippen LogP contribution in [0.15, 0.2) is 61.2 Å². The number of halogens is 4. The van der Waals surface area contributed by atoms with Gasteiger partial charge in [0.15, 0.2) is 23.2 Å². The summed E-state index contributed by atoms with van der Waals surface area (Å²) in [5, 5.41) is 9.65. The molecule has 0 saturated heterocycles. The zero-order valence-electron chi connectivity index (χ0n) is 20.7. The SMILES string of the molecule is C=CCOc1ccc(COC2CCC(c3ccc(-c4ccc(C(C)O)cc4)c(F)c3F)CC2)c(F)c1F. The standard InChI is InChI=1S/C30H30F4O3/c1-3-16-36-26-15-10-22(27(31)30(26)34)17-37-23-11-8-21(9-12-23)25-14-13-24(28(32)29(25)33)20-6-4-19(5-7-20)18(2)35/h3-7,10,13-15,18,21,23,35H,1,8-9,11-12,16-17H2,2H3. The second-order valence-electron chi connectivity index (χ2n) is 9.36. The fourth-order valence-corrected chi connectivity index (χ4v) is 4.74. The Balaban J connectivity index is 1.36. The van der Waals surface area contributed by atoms with Crippen molar-refractivity contribution in [2.45, 2.75) is 57.3 Å². The highest BCUT2D eigenvalue weighted by Crippen LogP contribution is 2.38. The molecule has 1 saturated carbocycles. The van der Waals surface area contributed by atoms with Crippen molar-refractivity contribution in [3.8, 4) is 16.9 Å². The first-order valence-electron chi connectivity index (χ1n) is 12.4. The van der Waals surface area contributed by atoms with Gasteiger partial charge >= 0.3 is 0 Å². The van der Waals surface area contributed by atoms with Crippen molar-refractivity contribution in [2.24, 2.45) is 0 Å². The van der Waals surface area contributed by atoms with E-state index in [0.29, 0.717) is 42.4 Å². The fourth-order valence-electron chi connectivity index (χ4n) is 4.74. The summed E-state index contributed by atoms with van der Waals surface area (Å²) in [6, 6.07) is 12.7. The fraction of sp³-hybridized carbons (Fsp3) is 0.333.